The molecule has 1 amide bonds. The predicted octanol–water partition coefficient (Wildman–Crippen LogP) is 2.55. The topological polar surface area (TPSA) is 56.1 Å². The van der Waals surface area contributed by atoms with Crippen molar-refractivity contribution in [2.45, 2.75) is 58.9 Å². The molecule has 4 heteroatoms. The molecule has 0 bridgehead atoms. The van der Waals surface area contributed by atoms with Crippen LogP contribution in [0.5, 0.6) is 0 Å². The summed E-state index contributed by atoms with van der Waals surface area (Å²) in [6.45, 7) is 8.72. The lowest BCUT2D eigenvalue weighted by Gasteiger charge is -2.34. The summed E-state index contributed by atoms with van der Waals surface area (Å²) < 4.78 is 0. The quantitative estimate of drug-likeness (QED) is 0.735. The molecule has 0 saturated carbocycles. The third kappa shape index (κ3) is 4.83. The van der Waals surface area contributed by atoms with Crippen molar-refractivity contribution in [3.63, 3.8) is 0 Å². The van der Waals surface area contributed by atoms with Gasteiger partial charge in [-0.3, -0.25) is 4.79 Å². The largest absolute Gasteiger partial charge is 0.353 e. The van der Waals surface area contributed by atoms with Gasteiger partial charge in [-0.25, -0.2) is 0 Å². The first-order valence-electron chi connectivity index (χ1n) is 7.12. The standard InChI is InChI=1S/C15H29N3O/c1-7-9-15(11-16,10-8-2)13(19)17-12-14(3,4)18(5)6/h7-10,12H2,1-6H3,(H,17,19). The Labute approximate surface area is 118 Å². The highest BCUT2D eigenvalue weighted by Crippen LogP contribution is 2.29. The molecular weight excluding hydrogens is 238 g/mol. The Kier molecular flexibility index (Phi) is 7.07. The van der Waals surface area contributed by atoms with E-state index in [0.717, 1.165) is 12.8 Å². The minimum absolute atomic E-state index is 0.116. The Morgan fingerprint density at radius 3 is 2.00 bits per heavy atom. The van der Waals surface area contributed by atoms with E-state index in [1.807, 2.05) is 27.9 Å². The summed E-state index contributed by atoms with van der Waals surface area (Å²) in [5, 5.41) is 12.4. The maximum absolute atomic E-state index is 12.4. The molecule has 0 aliphatic heterocycles. The molecule has 0 radical (unpaired) electrons. The molecule has 0 aliphatic rings. The van der Waals surface area contributed by atoms with Crippen LogP contribution in [0.2, 0.25) is 0 Å². The fourth-order valence-electron chi connectivity index (χ4n) is 1.99. The van der Waals surface area contributed by atoms with Gasteiger partial charge in [-0.2, -0.15) is 5.26 Å². The van der Waals surface area contributed by atoms with Crippen LogP contribution in [0.15, 0.2) is 0 Å². The number of nitriles is 1. The molecule has 0 rings (SSSR count). The zero-order chi connectivity index (χ0) is 15.1. The average Bonchev–Trinajstić information content (AvgIpc) is 2.35. The second-order valence-corrected chi connectivity index (χ2v) is 6.08. The van der Waals surface area contributed by atoms with Crippen LogP contribution in [0.3, 0.4) is 0 Å². The summed E-state index contributed by atoms with van der Waals surface area (Å²) in [6, 6.07) is 2.26. The minimum atomic E-state index is -0.855. The molecule has 0 spiro atoms. The smallest absolute Gasteiger partial charge is 0.240 e. The predicted molar refractivity (Wildman–Crippen MR) is 78.6 cm³/mol. The highest BCUT2D eigenvalue weighted by atomic mass is 16.2. The summed E-state index contributed by atoms with van der Waals surface area (Å²) in [6.07, 6.45) is 2.95. The number of carbonyl (C=O) groups is 1. The van der Waals surface area contributed by atoms with E-state index >= 15 is 0 Å². The summed E-state index contributed by atoms with van der Waals surface area (Å²) in [7, 11) is 3.98. The number of likely N-dealkylation sites (N-methyl/N-ethyl adjacent to an activating group) is 1. The molecule has 19 heavy (non-hydrogen) atoms. The number of nitrogens with one attached hydrogen (secondary N) is 1. The van der Waals surface area contributed by atoms with Crippen LogP contribution in [-0.2, 0) is 4.79 Å². The zero-order valence-corrected chi connectivity index (χ0v) is 13.3. The molecule has 0 unspecified atom stereocenters. The molecule has 0 aromatic rings. The van der Waals surface area contributed by atoms with Crippen LogP contribution in [-0.4, -0.2) is 37.0 Å². The third-order valence-electron chi connectivity index (χ3n) is 3.89. The van der Waals surface area contributed by atoms with E-state index in [0.29, 0.717) is 19.4 Å². The van der Waals surface area contributed by atoms with Crippen molar-refractivity contribution in [3.05, 3.63) is 0 Å². The maximum Gasteiger partial charge on any atom is 0.240 e. The van der Waals surface area contributed by atoms with Gasteiger partial charge in [0.15, 0.2) is 0 Å². The second-order valence-electron chi connectivity index (χ2n) is 6.08. The van der Waals surface area contributed by atoms with Gasteiger partial charge in [0.1, 0.15) is 5.41 Å². The van der Waals surface area contributed by atoms with E-state index in [9.17, 15) is 10.1 Å². The fraction of sp³-hybridized carbons (Fsp3) is 0.867. The van der Waals surface area contributed by atoms with Crippen molar-refractivity contribution in [2.24, 2.45) is 5.41 Å². The van der Waals surface area contributed by atoms with Crippen LogP contribution in [0.4, 0.5) is 0 Å². The monoisotopic (exact) mass is 267 g/mol. The van der Waals surface area contributed by atoms with Gasteiger partial charge in [0, 0.05) is 12.1 Å². The van der Waals surface area contributed by atoms with E-state index < -0.39 is 5.41 Å². The van der Waals surface area contributed by atoms with Crippen LogP contribution in [0, 0.1) is 16.7 Å². The van der Waals surface area contributed by atoms with Gasteiger partial charge in [0.2, 0.25) is 5.91 Å². The Morgan fingerprint density at radius 2 is 1.68 bits per heavy atom. The molecule has 0 saturated heterocycles. The lowest BCUT2D eigenvalue weighted by molar-refractivity contribution is -0.129. The average molecular weight is 267 g/mol. The lowest BCUT2D eigenvalue weighted by atomic mass is 9.79. The second kappa shape index (κ2) is 7.49. The van der Waals surface area contributed by atoms with E-state index in [1.54, 1.807) is 0 Å². The summed E-state index contributed by atoms with van der Waals surface area (Å²) >= 11 is 0. The van der Waals surface area contributed by atoms with Gasteiger partial charge in [-0.15, -0.1) is 0 Å². The molecule has 1 N–H and O–H groups in total. The van der Waals surface area contributed by atoms with Crippen molar-refractivity contribution in [1.29, 1.82) is 5.26 Å². The first-order chi connectivity index (χ1) is 8.75. The number of rotatable bonds is 8. The highest BCUT2D eigenvalue weighted by molar-refractivity contribution is 5.85. The fourth-order valence-corrected chi connectivity index (χ4v) is 1.99. The van der Waals surface area contributed by atoms with Crippen LogP contribution >= 0.6 is 0 Å². The molecule has 0 aromatic heterocycles. The van der Waals surface area contributed by atoms with Crippen molar-refractivity contribution < 1.29 is 4.79 Å². The van der Waals surface area contributed by atoms with Gasteiger partial charge in [-0.1, -0.05) is 26.7 Å². The van der Waals surface area contributed by atoms with Crippen LogP contribution in [0.25, 0.3) is 0 Å². The molecule has 0 aromatic carbocycles. The molecule has 110 valence electrons. The molecular formula is C15H29N3O. The maximum atomic E-state index is 12.4. The Balaban J connectivity index is 4.80. The van der Waals surface area contributed by atoms with Crippen LogP contribution < -0.4 is 5.32 Å². The van der Waals surface area contributed by atoms with Crippen LogP contribution in [0.1, 0.15) is 53.4 Å². The van der Waals surface area contributed by atoms with Gasteiger partial charge < -0.3 is 10.2 Å². The van der Waals surface area contributed by atoms with Crippen molar-refractivity contribution in [3.8, 4) is 6.07 Å². The first kappa shape index (κ1) is 17.9. The Hall–Kier alpha value is -1.08. The van der Waals surface area contributed by atoms with E-state index in [-0.39, 0.29) is 11.4 Å². The van der Waals surface area contributed by atoms with Gasteiger partial charge in [0.25, 0.3) is 0 Å². The summed E-state index contributed by atoms with van der Waals surface area (Å²) in [5.41, 5.74) is -0.971. The number of carbonyl (C=O) groups excluding carboxylic acids is 1. The number of amides is 1. The summed E-state index contributed by atoms with van der Waals surface area (Å²) in [5.74, 6) is -0.117. The Morgan fingerprint density at radius 1 is 1.21 bits per heavy atom. The minimum Gasteiger partial charge on any atom is -0.353 e. The lowest BCUT2D eigenvalue weighted by Crippen LogP contribution is -2.51. The van der Waals surface area contributed by atoms with Crippen molar-refractivity contribution in [1.82, 2.24) is 10.2 Å². The van der Waals surface area contributed by atoms with Gasteiger partial charge >= 0.3 is 0 Å². The van der Waals surface area contributed by atoms with E-state index in [4.69, 9.17) is 0 Å². The van der Waals surface area contributed by atoms with Gasteiger partial charge in [0.05, 0.1) is 6.07 Å². The first-order valence-corrected chi connectivity index (χ1v) is 7.12. The molecule has 0 aliphatic carbocycles. The normalized spacial score (nSPS) is 12.3. The third-order valence-corrected chi connectivity index (χ3v) is 3.89. The SMILES string of the molecule is CCCC(C#N)(CCC)C(=O)NCC(C)(C)N(C)C. The van der Waals surface area contributed by atoms with E-state index in [1.165, 1.54) is 0 Å². The Bertz CT molecular complexity index is 323. The molecule has 0 fully saturated rings. The number of hydrogen-bond donors (Lipinski definition) is 1. The van der Waals surface area contributed by atoms with Crippen molar-refractivity contribution >= 4 is 5.91 Å². The molecule has 0 heterocycles. The molecule has 0 atom stereocenters. The van der Waals surface area contributed by atoms with Gasteiger partial charge in [-0.05, 0) is 40.8 Å². The zero-order valence-electron chi connectivity index (χ0n) is 13.3. The molecule has 4 nitrogen and oxygen atoms in total. The number of hydrogen-bond acceptors (Lipinski definition) is 3. The van der Waals surface area contributed by atoms with E-state index in [2.05, 4.69) is 30.1 Å². The summed E-state index contributed by atoms with van der Waals surface area (Å²) in [4.78, 5) is 14.5. The number of nitrogens with zero attached hydrogens (tertiary/aromatic N) is 2. The highest BCUT2D eigenvalue weighted by Gasteiger charge is 2.37. The van der Waals surface area contributed by atoms with Crippen molar-refractivity contribution in [2.75, 3.05) is 20.6 Å².